The van der Waals surface area contributed by atoms with Crippen molar-refractivity contribution in [3.8, 4) is 5.75 Å². The molecule has 2 aliphatic rings. The minimum absolute atomic E-state index is 0.0383. The number of halogens is 2. The van der Waals surface area contributed by atoms with Gasteiger partial charge < -0.3 is 5.11 Å². The van der Waals surface area contributed by atoms with Gasteiger partial charge >= 0.3 is 0 Å². The number of phenols is 1. The number of thiazole rings is 1. The molecule has 0 unspecified atom stereocenters. The summed E-state index contributed by atoms with van der Waals surface area (Å²) in [6, 6.07) is 17.2. The Hall–Kier alpha value is -3.53. The Morgan fingerprint density at radius 1 is 1.16 bits per heavy atom. The minimum Gasteiger partial charge on any atom is -0.506 e. The molecule has 184 valence electrons. The monoisotopic (exact) mass is 593 g/mol. The van der Waals surface area contributed by atoms with Gasteiger partial charge in [0, 0.05) is 27.7 Å². The Balaban J connectivity index is 1.64. The summed E-state index contributed by atoms with van der Waals surface area (Å²) in [5.41, 5.74) is 4.65. The number of hydrogen-bond acceptors (Lipinski definition) is 6. The molecule has 1 aliphatic carbocycles. The Morgan fingerprint density at radius 2 is 1.97 bits per heavy atom. The quantitative estimate of drug-likeness (QED) is 0.255. The third kappa shape index (κ3) is 4.03. The van der Waals surface area contributed by atoms with Crippen LogP contribution in [0, 0.1) is 10.1 Å². The maximum Gasteiger partial charge on any atom is 0.271 e. The Bertz CT molecular complexity index is 1840. The molecule has 4 aromatic rings. The van der Waals surface area contributed by atoms with Gasteiger partial charge in [0.1, 0.15) is 5.75 Å². The molecule has 1 atom stereocenters. The van der Waals surface area contributed by atoms with E-state index in [0.29, 0.717) is 31.4 Å². The number of nitro benzene ring substituents is 1. The predicted molar refractivity (Wildman–Crippen MR) is 147 cm³/mol. The van der Waals surface area contributed by atoms with Crippen molar-refractivity contribution in [1.29, 1.82) is 0 Å². The second-order valence-electron chi connectivity index (χ2n) is 8.79. The van der Waals surface area contributed by atoms with Crippen LogP contribution in [-0.2, 0) is 6.42 Å². The van der Waals surface area contributed by atoms with Crippen LogP contribution >= 0.6 is 38.9 Å². The molecule has 0 spiro atoms. The van der Waals surface area contributed by atoms with E-state index in [1.807, 2.05) is 24.3 Å². The van der Waals surface area contributed by atoms with E-state index in [2.05, 4.69) is 22.0 Å². The van der Waals surface area contributed by atoms with Crippen LogP contribution in [0.15, 0.2) is 80.5 Å². The molecule has 7 nitrogen and oxygen atoms in total. The van der Waals surface area contributed by atoms with Gasteiger partial charge in [-0.2, -0.15) is 0 Å². The first kappa shape index (κ1) is 23.8. The summed E-state index contributed by atoms with van der Waals surface area (Å²) in [6.45, 7) is 0. The van der Waals surface area contributed by atoms with Crippen LogP contribution in [-0.4, -0.2) is 14.6 Å². The number of aryl methyl sites for hydroxylation is 1. The second-order valence-corrected chi connectivity index (χ2v) is 11.1. The van der Waals surface area contributed by atoms with Crippen LogP contribution in [0.4, 0.5) is 5.69 Å². The molecular formula is C27H17BrClN3O4S. The standard InChI is InChI=1S/C27H17BrClN3O4S/c28-17-10-16(25(33)21(29)13-17)12-22-26(34)31-24(15-5-3-6-18(11-15)32(35)36)20-9-8-14-4-1-2-7-19(14)23(20)30-27(31)37-22/h1-7,10-13,24,33H,8-9H2/b22-12+/t24-/m0/s1. The average Bonchev–Trinajstić information content (AvgIpc) is 3.20. The lowest BCUT2D eigenvalue weighted by atomic mass is 9.83. The highest BCUT2D eigenvalue weighted by Gasteiger charge is 2.33. The average molecular weight is 595 g/mol. The van der Waals surface area contributed by atoms with Crippen molar-refractivity contribution < 1.29 is 10.0 Å². The van der Waals surface area contributed by atoms with Crippen LogP contribution in [0.25, 0.3) is 11.8 Å². The molecule has 0 fully saturated rings. The molecule has 2 heterocycles. The van der Waals surface area contributed by atoms with Crippen LogP contribution in [0.5, 0.6) is 5.75 Å². The summed E-state index contributed by atoms with van der Waals surface area (Å²) < 4.78 is 2.64. The third-order valence-electron chi connectivity index (χ3n) is 6.61. The molecule has 10 heteroatoms. The smallest absolute Gasteiger partial charge is 0.271 e. The second kappa shape index (κ2) is 9.09. The van der Waals surface area contributed by atoms with E-state index in [1.54, 1.807) is 28.8 Å². The number of nitrogens with zero attached hydrogens (tertiary/aromatic N) is 3. The van der Waals surface area contributed by atoms with Crippen molar-refractivity contribution in [2.75, 3.05) is 0 Å². The van der Waals surface area contributed by atoms with Gasteiger partial charge in [-0.3, -0.25) is 19.5 Å². The predicted octanol–water partition coefficient (Wildman–Crippen LogP) is 5.35. The summed E-state index contributed by atoms with van der Waals surface area (Å²) in [5, 5.41) is 22.2. The SMILES string of the molecule is O=c1/c(=C\c2cc(Br)cc(Cl)c2O)sc2n1[C@@H](c1cccc([N+](=O)[O-])c1)C1=C(N=2)c2ccccc2CC1. The van der Waals surface area contributed by atoms with E-state index in [4.69, 9.17) is 16.6 Å². The number of aromatic nitrogens is 1. The molecule has 1 aliphatic heterocycles. The summed E-state index contributed by atoms with van der Waals surface area (Å²) in [6.07, 6.45) is 3.05. The molecule has 0 radical (unpaired) electrons. The molecule has 6 rings (SSSR count). The van der Waals surface area contributed by atoms with E-state index >= 15 is 0 Å². The van der Waals surface area contributed by atoms with E-state index < -0.39 is 11.0 Å². The summed E-state index contributed by atoms with van der Waals surface area (Å²) >= 11 is 10.7. The van der Waals surface area contributed by atoms with Crippen LogP contribution in [0.1, 0.15) is 34.7 Å². The van der Waals surface area contributed by atoms with Crippen molar-refractivity contribution in [1.82, 2.24) is 4.57 Å². The number of hydrogen-bond donors (Lipinski definition) is 1. The molecule has 37 heavy (non-hydrogen) atoms. The normalized spacial score (nSPS) is 16.6. The van der Waals surface area contributed by atoms with Gasteiger partial charge in [0.25, 0.3) is 11.2 Å². The first-order valence-corrected chi connectivity index (χ1v) is 13.4. The lowest BCUT2D eigenvalue weighted by molar-refractivity contribution is -0.384. The molecule has 0 bridgehead atoms. The van der Waals surface area contributed by atoms with E-state index in [-0.39, 0.29) is 22.0 Å². The van der Waals surface area contributed by atoms with Crippen molar-refractivity contribution in [2.45, 2.75) is 18.9 Å². The highest BCUT2D eigenvalue weighted by atomic mass is 79.9. The lowest BCUT2D eigenvalue weighted by Crippen LogP contribution is -2.38. The highest BCUT2D eigenvalue weighted by Crippen LogP contribution is 2.41. The van der Waals surface area contributed by atoms with Crippen LogP contribution in [0.2, 0.25) is 5.02 Å². The van der Waals surface area contributed by atoms with Crippen molar-refractivity contribution in [3.63, 3.8) is 0 Å². The van der Waals surface area contributed by atoms with E-state index in [0.717, 1.165) is 23.3 Å². The topological polar surface area (TPSA) is 97.7 Å². The zero-order valence-corrected chi connectivity index (χ0v) is 22.2. The molecule has 1 N–H and O–H groups in total. The van der Waals surface area contributed by atoms with E-state index in [9.17, 15) is 20.0 Å². The minimum atomic E-state index is -0.540. The Labute approximate surface area is 227 Å². The van der Waals surface area contributed by atoms with Crippen molar-refractivity contribution >= 4 is 56.3 Å². The molecule has 1 aromatic heterocycles. The van der Waals surface area contributed by atoms with E-state index in [1.165, 1.54) is 29.0 Å². The zero-order valence-electron chi connectivity index (χ0n) is 19.0. The van der Waals surface area contributed by atoms with Gasteiger partial charge in [0.15, 0.2) is 4.80 Å². The summed E-state index contributed by atoms with van der Waals surface area (Å²) in [5.74, 6) is -0.126. The molecule has 3 aromatic carbocycles. The van der Waals surface area contributed by atoms with Crippen molar-refractivity contribution in [3.05, 3.63) is 128 Å². The fourth-order valence-electron chi connectivity index (χ4n) is 4.97. The highest BCUT2D eigenvalue weighted by molar-refractivity contribution is 9.10. The number of phenolic OH excluding ortho intramolecular Hbond substituents is 1. The zero-order chi connectivity index (χ0) is 25.8. The number of aromatic hydroxyl groups is 1. The van der Waals surface area contributed by atoms with Crippen LogP contribution < -0.4 is 14.9 Å². The molecular weight excluding hydrogens is 578 g/mol. The molecule has 0 amide bonds. The fourth-order valence-corrected chi connectivity index (χ4v) is 6.79. The summed E-state index contributed by atoms with van der Waals surface area (Å²) in [7, 11) is 0. The summed E-state index contributed by atoms with van der Waals surface area (Å²) in [4.78, 5) is 30.4. The number of rotatable bonds is 3. The third-order valence-corrected chi connectivity index (χ3v) is 8.34. The number of non-ortho nitro benzene ring substituents is 1. The van der Waals surface area contributed by atoms with Gasteiger partial charge in [-0.25, -0.2) is 4.99 Å². The lowest BCUT2D eigenvalue weighted by Gasteiger charge is -2.30. The first-order valence-electron chi connectivity index (χ1n) is 11.4. The van der Waals surface area contributed by atoms with Gasteiger partial charge in [-0.05, 0) is 47.8 Å². The van der Waals surface area contributed by atoms with Gasteiger partial charge in [-0.15, -0.1) is 0 Å². The van der Waals surface area contributed by atoms with Gasteiger partial charge in [0.2, 0.25) is 0 Å². The number of allylic oxidation sites excluding steroid dienone is 1. The largest absolute Gasteiger partial charge is 0.506 e. The van der Waals surface area contributed by atoms with Crippen LogP contribution in [0.3, 0.4) is 0 Å². The molecule has 0 saturated heterocycles. The number of fused-ring (bicyclic) bond motifs is 3. The van der Waals surface area contributed by atoms with Gasteiger partial charge in [-0.1, -0.05) is 75.3 Å². The number of nitro groups is 1. The fraction of sp³-hybridized carbons (Fsp3) is 0.111. The maximum atomic E-state index is 13.8. The first-order chi connectivity index (χ1) is 17.8. The maximum absolute atomic E-state index is 13.8. The Morgan fingerprint density at radius 3 is 2.78 bits per heavy atom. The van der Waals surface area contributed by atoms with Crippen molar-refractivity contribution in [2.24, 2.45) is 4.99 Å². The number of benzene rings is 3. The van der Waals surface area contributed by atoms with Gasteiger partial charge in [0.05, 0.1) is 26.2 Å². The Kier molecular flexibility index (Phi) is 5.86. The molecule has 0 saturated carbocycles.